The van der Waals surface area contributed by atoms with Gasteiger partial charge in [-0.15, -0.1) is 0 Å². The number of rotatable bonds is 0. The lowest BCUT2D eigenvalue weighted by Crippen LogP contribution is -2.26. The topological polar surface area (TPSA) is 57.0 Å². The Labute approximate surface area is 110 Å². The Hall–Kier alpha value is -1.62. The Kier molecular flexibility index (Phi) is 3.02. The Morgan fingerprint density at radius 1 is 1.44 bits per heavy atom. The second kappa shape index (κ2) is 4.24. The average Bonchev–Trinajstić information content (AvgIpc) is 2.53. The number of halogens is 1. The van der Waals surface area contributed by atoms with Crippen molar-refractivity contribution < 1.29 is 9.53 Å². The third-order valence-electron chi connectivity index (χ3n) is 2.31. The third-order valence-corrected chi connectivity index (χ3v) is 2.49. The van der Waals surface area contributed by atoms with Crippen LogP contribution in [0, 0.1) is 6.92 Å². The second-order valence-corrected chi connectivity index (χ2v) is 5.38. The van der Waals surface area contributed by atoms with Gasteiger partial charge >= 0.3 is 6.09 Å². The van der Waals surface area contributed by atoms with E-state index in [-0.39, 0.29) is 5.28 Å². The van der Waals surface area contributed by atoms with E-state index < -0.39 is 11.7 Å². The van der Waals surface area contributed by atoms with Gasteiger partial charge in [0.05, 0.1) is 0 Å². The van der Waals surface area contributed by atoms with E-state index in [2.05, 4.69) is 9.97 Å². The van der Waals surface area contributed by atoms with Crippen LogP contribution in [0.5, 0.6) is 0 Å². The summed E-state index contributed by atoms with van der Waals surface area (Å²) in [6.45, 7) is 7.31. The van der Waals surface area contributed by atoms with Crippen molar-refractivity contribution in [2.75, 3.05) is 0 Å². The summed E-state index contributed by atoms with van der Waals surface area (Å²) in [5.41, 5.74) is 0.799. The van der Waals surface area contributed by atoms with Gasteiger partial charge in [-0.05, 0) is 44.9 Å². The smallest absolute Gasteiger partial charge is 0.420 e. The van der Waals surface area contributed by atoms with E-state index in [1.54, 1.807) is 12.4 Å². The van der Waals surface area contributed by atoms with Crippen LogP contribution in [0.4, 0.5) is 4.79 Å². The summed E-state index contributed by atoms with van der Waals surface area (Å²) < 4.78 is 6.66. The second-order valence-electron chi connectivity index (χ2n) is 5.04. The zero-order valence-corrected chi connectivity index (χ0v) is 11.4. The molecule has 2 aromatic rings. The maximum Gasteiger partial charge on any atom is 0.420 e. The molecule has 2 aromatic heterocycles. The van der Waals surface area contributed by atoms with Gasteiger partial charge in [0.2, 0.25) is 5.28 Å². The van der Waals surface area contributed by atoms with Crippen LogP contribution in [-0.2, 0) is 4.74 Å². The molecule has 0 spiro atoms. The van der Waals surface area contributed by atoms with Crippen molar-refractivity contribution in [1.82, 2.24) is 14.5 Å². The Bertz CT molecular complexity index is 614. The normalized spacial score (nSPS) is 11.8. The molecule has 2 rings (SSSR count). The van der Waals surface area contributed by atoms with Crippen molar-refractivity contribution in [3.05, 3.63) is 23.2 Å². The highest BCUT2D eigenvalue weighted by Crippen LogP contribution is 2.21. The molecule has 0 aliphatic heterocycles. The molecule has 0 radical (unpaired) electrons. The summed E-state index contributed by atoms with van der Waals surface area (Å²) in [5.74, 6) is 0. The molecule has 0 aliphatic carbocycles. The molecule has 0 saturated heterocycles. The lowest BCUT2D eigenvalue weighted by atomic mass is 10.2. The van der Waals surface area contributed by atoms with Gasteiger partial charge in [0.15, 0.2) is 5.65 Å². The van der Waals surface area contributed by atoms with E-state index in [4.69, 9.17) is 16.3 Å². The number of aromatic nitrogens is 3. The van der Waals surface area contributed by atoms with Crippen LogP contribution in [0.2, 0.25) is 5.28 Å². The minimum Gasteiger partial charge on any atom is -0.443 e. The highest BCUT2D eigenvalue weighted by atomic mass is 35.5. The van der Waals surface area contributed by atoms with E-state index in [1.165, 1.54) is 4.57 Å². The van der Waals surface area contributed by atoms with Crippen LogP contribution in [0.3, 0.4) is 0 Å². The van der Waals surface area contributed by atoms with Crippen molar-refractivity contribution in [1.29, 1.82) is 0 Å². The van der Waals surface area contributed by atoms with E-state index in [1.807, 2.05) is 27.7 Å². The molecule has 2 heterocycles. The number of hydrogen-bond acceptors (Lipinski definition) is 4. The predicted octanol–water partition coefficient (Wildman–Crippen LogP) is 3.18. The number of aryl methyl sites for hydroxylation is 1. The van der Waals surface area contributed by atoms with E-state index in [9.17, 15) is 4.79 Å². The lowest BCUT2D eigenvalue weighted by molar-refractivity contribution is 0.0543. The fraction of sp³-hybridized carbons (Fsp3) is 0.417. The minimum absolute atomic E-state index is 0.102. The SMILES string of the molecule is Cc1cn(C(=O)OC(C)(C)C)c2nc(Cl)ncc12. The average molecular weight is 268 g/mol. The van der Waals surface area contributed by atoms with Crippen LogP contribution in [-0.4, -0.2) is 26.2 Å². The van der Waals surface area contributed by atoms with Gasteiger partial charge in [-0.25, -0.2) is 14.3 Å². The van der Waals surface area contributed by atoms with Crippen LogP contribution in [0.1, 0.15) is 26.3 Å². The van der Waals surface area contributed by atoms with Crippen molar-refractivity contribution in [3.63, 3.8) is 0 Å². The first-order valence-corrected chi connectivity index (χ1v) is 5.89. The molecule has 0 N–H and O–H groups in total. The fourth-order valence-electron chi connectivity index (χ4n) is 1.59. The van der Waals surface area contributed by atoms with Crippen molar-refractivity contribution in [2.24, 2.45) is 0 Å². The third kappa shape index (κ3) is 2.46. The van der Waals surface area contributed by atoms with E-state index in [0.717, 1.165) is 10.9 Å². The van der Waals surface area contributed by atoms with Crippen LogP contribution < -0.4 is 0 Å². The van der Waals surface area contributed by atoms with Crippen molar-refractivity contribution >= 4 is 28.7 Å². The summed E-state index contributed by atoms with van der Waals surface area (Å²) in [5, 5.41) is 0.885. The molecule has 0 unspecified atom stereocenters. The van der Waals surface area contributed by atoms with Crippen LogP contribution >= 0.6 is 11.6 Å². The molecule has 0 saturated carbocycles. The highest BCUT2D eigenvalue weighted by molar-refractivity contribution is 6.28. The zero-order valence-electron chi connectivity index (χ0n) is 10.7. The number of carbonyl (C=O) groups is 1. The maximum atomic E-state index is 12.0. The van der Waals surface area contributed by atoms with Crippen LogP contribution in [0.15, 0.2) is 12.4 Å². The zero-order chi connectivity index (χ0) is 13.5. The molecule has 0 bridgehead atoms. The first kappa shape index (κ1) is 12.8. The number of carbonyl (C=O) groups excluding carboxylic acids is 1. The van der Waals surface area contributed by atoms with Gasteiger partial charge < -0.3 is 4.74 Å². The van der Waals surface area contributed by atoms with Crippen molar-refractivity contribution in [3.8, 4) is 0 Å². The summed E-state index contributed by atoms with van der Waals surface area (Å²) in [4.78, 5) is 20.0. The summed E-state index contributed by atoms with van der Waals surface area (Å²) in [7, 11) is 0. The first-order chi connectivity index (χ1) is 8.28. The molecular weight excluding hydrogens is 254 g/mol. The van der Waals surface area contributed by atoms with Gasteiger partial charge in [-0.3, -0.25) is 0 Å². The molecule has 0 atom stereocenters. The molecule has 0 aliphatic rings. The van der Waals surface area contributed by atoms with Gasteiger partial charge in [-0.2, -0.15) is 4.98 Å². The van der Waals surface area contributed by atoms with Gasteiger partial charge in [-0.1, -0.05) is 0 Å². The monoisotopic (exact) mass is 267 g/mol. The summed E-state index contributed by atoms with van der Waals surface area (Å²) in [6, 6.07) is 0. The number of hydrogen-bond donors (Lipinski definition) is 0. The number of fused-ring (bicyclic) bond motifs is 1. The van der Waals surface area contributed by atoms with Crippen LogP contribution in [0.25, 0.3) is 11.0 Å². The highest BCUT2D eigenvalue weighted by Gasteiger charge is 2.20. The summed E-state index contributed by atoms with van der Waals surface area (Å²) in [6.07, 6.45) is 2.79. The molecule has 0 amide bonds. The predicted molar refractivity (Wildman–Crippen MR) is 68.9 cm³/mol. The van der Waals surface area contributed by atoms with E-state index >= 15 is 0 Å². The molecular formula is C12H14ClN3O2. The molecule has 0 aromatic carbocycles. The largest absolute Gasteiger partial charge is 0.443 e. The Balaban J connectivity index is 2.51. The Morgan fingerprint density at radius 3 is 2.72 bits per heavy atom. The quantitative estimate of drug-likeness (QED) is 0.688. The molecule has 96 valence electrons. The number of nitrogens with zero attached hydrogens (tertiary/aromatic N) is 3. The molecule has 5 nitrogen and oxygen atoms in total. The fourth-order valence-corrected chi connectivity index (χ4v) is 1.72. The summed E-state index contributed by atoms with van der Waals surface area (Å²) >= 11 is 5.75. The van der Waals surface area contributed by atoms with Gasteiger partial charge in [0.25, 0.3) is 0 Å². The van der Waals surface area contributed by atoms with Gasteiger partial charge in [0.1, 0.15) is 5.60 Å². The molecule has 0 fully saturated rings. The standard InChI is InChI=1S/C12H14ClN3O2/c1-7-6-16(11(17)18-12(2,3)4)9-8(7)5-14-10(13)15-9/h5-6H,1-4H3. The minimum atomic E-state index is -0.557. The van der Waals surface area contributed by atoms with Gasteiger partial charge in [0, 0.05) is 17.8 Å². The Morgan fingerprint density at radius 2 is 2.11 bits per heavy atom. The van der Waals surface area contributed by atoms with E-state index in [0.29, 0.717) is 5.65 Å². The number of ether oxygens (including phenoxy) is 1. The lowest BCUT2D eigenvalue weighted by Gasteiger charge is -2.19. The first-order valence-electron chi connectivity index (χ1n) is 5.51. The van der Waals surface area contributed by atoms with Crippen molar-refractivity contribution in [2.45, 2.75) is 33.3 Å². The molecule has 18 heavy (non-hydrogen) atoms. The maximum absolute atomic E-state index is 12.0. The molecule has 6 heteroatoms.